The largest absolute Gasteiger partial charge is 0.507 e. The molecule has 0 atom stereocenters. The van der Waals surface area contributed by atoms with E-state index in [0.717, 1.165) is 16.8 Å². The Morgan fingerprint density at radius 3 is 1.88 bits per heavy atom. The zero-order valence-electron chi connectivity index (χ0n) is 16.7. The molecule has 0 heterocycles. The van der Waals surface area contributed by atoms with Gasteiger partial charge < -0.3 is 14.9 Å². The second-order valence-corrected chi connectivity index (χ2v) is 8.57. The number of rotatable bonds is 3. The maximum Gasteiger partial charge on any atom is 0.124 e. The van der Waals surface area contributed by atoms with Gasteiger partial charge in [-0.25, -0.2) is 0 Å². The fraction of sp³-hybridized carbons (Fsp3) is 0.409. The maximum atomic E-state index is 10.8. The molecule has 0 radical (unpaired) electrons. The standard InChI is InChI=1S/C22H29NO3/c1-21(2,3)17-11-15(12-18(20(17)25)22(4,5)6)23-13-14-10-16(26-7)8-9-19(14)24/h8-13,24-25H,1-7H3. The number of hydrogen-bond acceptors (Lipinski definition) is 4. The number of methoxy groups -OCH3 is 1. The normalized spacial score (nSPS) is 12.6. The molecule has 4 nitrogen and oxygen atoms in total. The third-order valence-electron chi connectivity index (χ3n) is 4.30. The van der Waals surface area contributed by atoms with Crippen LogP contribution in [0.4, 0.5) is 5.69 Å². The fourth-order valence-corrected chi connectivity index (χ4v) is 2.74. The number of ether oxygens (including phenoxy) is 1. The summed E-state index contributed by atoms with van der Waals surface area (Å²) in [4.78, 5) is 4.55. The smallest absolute Gasteiger partial charge is 0.124 e. The number of aromatic hydroxyl groups is 2. The highest BCUT2D eigenvalue weighted by Gasteiger charge is 2.26. The molecule has 2 aromatic rings. The number of benzene rings is 2. The van der Waals surface area contributed by atoms with Gasteiger partial charge >= 0.3 is 0 Å². The summed E-state index contributed by atoms with van der Waals surface area (Å²) < 4.78 is 5.20. The SMILES string of the molecule is COc1ccc(O)c(C=Nc2cc(C(C)(C)C)c(O)c(C(C)(C)C)c2)c1. The molecule has 0 saturated heterocycles. The lowest BCUT2D eigenvalue weighted by atomic mass is 9.79. The van der Waals surface area contributed by atoms with Crippen LogP contribution in [0.2, 0.25) is 0 Å². The zero-order valence-corrected chi connectivity index (χ0v) is 16.7. The molecule has 0 aliphatic heterocycles. The molecule has 2 aromatic carbocycles. The van der Waals surface area contributed by atoms with Crippen LogP contribution in [0, 0.1) is 0 Å². The van der Waals surface area contributed by atoms with Gasteiger partial charge in [-0.1, -0.05) is 41.5 Å². The predicted octanol–water partition coefficient (Wildman–Crippen LogP) is 5.45. The van der Waals surface area contributed by atoms with Gasteiger partial charge in [0.25, 0.3) is 0 Å². The summed E-state index contributed by atoms with van der Waals surface area (Å²) in [5.41, 5.74) is 2.59. The summed E-state index contributed by atoms with van der Waals surface area (Å²) in [7, 11) is 1.58. The van der Waals surface area contributed by atoms with Gasteiger partial charge in [0.05, 0.1) is 12.8 Å². The first-order chi connectivity index (χ1) is 11.9. The third kappa shape index (κ3) is 4.37. The Morgan fingerprint density at radius 2 is 1.42 bits per heavy atom. The van der Waals surface area contributed by atoms with Crippen LogP contribution in [0.5, 0.6) is 17.2 Å². The minimum Gasteiger partial charge on any atom is -0.507 e. The fourth-order valence-electron chi connectivity index (χ4n) is 2.74. The summed E-state index contributed by atoms with van der Waals surface area (Å²) in [5.74, 6) is 1.12. The highest BCUT2D eigenvalue weighted by Crippen LogP contribution is 2.41. The molecule has 4 heteroatoms. The maximum absolute atomic E-state index is 10.8. The van der Waals surface area contributed by atoms with Gasteiger partial charge in [-0.05, 0) is 41.2 Å². The highest BCUT2D eigenvalue weighted by molar-refractivity contribution is 5.86. The molecule has 0 bridgehead atoms. The van der Waals surface area contributed by atoms with Gasteiger partial charge in [0, 0.05) is 22.9 Å². The summed E-state index contributed by atoms with van der Waals surface area (Å²) in [6, 6.07) is 8.81. The third-order valence-corrected chi connectivity index (χ3v) is 4.30. The quantitative estimate of drug-likeness (QED) is 0.719. The van der Waals surface area contributed by atoms with E-state index in [1.807, 2.05) is 12.1 Å². The summed E-state index contributed by atoms with van der Waals surface area (Å²) in [5, 5.41) is 20.8. The van der Waals surface area contributed by atoms with Crippen molar-refractivity contribution in [2.24, 2.45) is 4.99 Å². The lowest BCUT2D eigenvalue weighted by molar-refractivity contribution is 0.412. The average molecular weight is 355 g/mol. The van der Waals surface area contributed by atoms with Gasteiger partial charge in [0.1, 0.15) is 17.2 Å². The second-order valence-electron chi connectivity index (χ2n) is 8.57. The van der Waals surface area contributed by atoms with Gasteiger partial charge in [-0.3, -0.25) is 4.99 Å². The molecular weight excluding hydrogens is 326 g/mol. The van der Waals surface area contributed by atoms with Crippen molar-refractivity contribution in [1.29, 1.82) is 0 Å². The average Bonchev–Trinajstić information content (AvgIpc) is 2.53. The molecule has 2 rings (SSSR count). The van der Waals surface area contributed by atoms with Gasteiger partial charge in [0.2, 0.25) is 0 Å². The van der Waals surface area contributed by atoms with E-state index in [0.29, 0.717) is 17.1 Å². The van der Waals surface area contributed by atoms with Crippen molar-refractivity contribution in [3.63, 3.8) is 0 Å². The Bertz CT molecular complexity index is 789. The van der Waals surface area contributed by atoms with Crippen molar-refractivity contribution in [2.45, 2.75) is 52.4 Å². The molecular formula is C22H29NO3. The van der Waals surface area contributed by atoms with E-state index in [-0.39, 0.29) is 16.6 Å². The molecule has 0 saturated carbocycles. The van der Waals surface area contributed by atoms with E-state index in [1.54, 1.807) is 31.5 Å². The minimum atomic E-state index is -0.215. The van der Waals surface area contributed by atoms with Crippen molar-refractivity contribution < 1.29 is 14.9 Å². The van der Waals surface area contributed by atoms with Crippen LogP contribution < -0.4 is 4.74 Å². The van der Waals surface area contributed by atoms with Gasteiger partial charge in [-0.2, -0.15) is 0 Å². The predicted molar refractivity (Wildman–Crippen MR) is 107 cm³/mol. The zero-order chi connectivity index (χ0) is 19.7. The molecule has 0 aliphatic carbocycles. The van der Waals surface area contributed by atoms with Crippen molar-refractivity contribution in [1.82, 2.24) is 0 Å². The molecule has 0 aromatic heterocycles. The number of aliphatic imine (C=N–C) groups is 1. The van der Waals surface area contributed by atoms with Crippen LogP contribution >= 0.6 is 0 Å². The van der Waals surface area contributed by atoms with Crippen LogP contribution in [0.15, 0.2) is 35.3 Å². The lowest BCUT2D eigenvalue weighted by Crippen LogP contribution is -2.16. The van der Waals surface area contributed by atoms with Crippen LogP contribution in [0.25, 0.3) is 0 Å². The van der Waals surface area contributed by atoms with E-state index in [1.165, 1.54) is 0 Å². The number of phenols is 2. The highest BCUT2D eigenvalue weighted by atomic mass is 16.5. The van der Waals surface area contributed by atoms with E-state index in [2.05, 4.69) is 46.5 Å². The molecule has 0 aliphatic rings. The topological polar surface area (TPSA) is 62.0 Å². The van der Waals surface area contributed by atoms with E-state index < -0.39 is 0 Å². The van der Waals surface area contributed by atoms with Crippen LogP contribution in [-0.4, -0.2) is 23.5 Å². The second kappa shape index (κ2) is 7.02. The molecule has 0 amide bonds. The first-order valence-electron chi connectivity index (χ1n) is 8.72. The number of hydrogen-bond donors (Lipinski definition) is 2. The van der Waals surface area contributed by atoms with Crippen LogP contribution in [0.3, 0.4) is 0 Å². The Labute approximate surface area is 156 Å². The van der Waals surface area contributed by atoms with Crippen molar-refractivity contribution in [3.05, 3.63) is 47.0 Å². The lowest BCUT2D eigenvalue weighted by Gasteiger charge is -2.27. The van der Waals surface area contributed by atoms with Gasteiger partial charge in [-0.15, -0.1) is 0 Å². The molecule has 26 heavy (non-hydrogen) atoms. The van der Waals surface area contributed by atoms with Gasteiger partial charge in [0.15, 0.2) is 0 Å². The van der Waals surface area contributed by atoms with E-state index >= 15 is 0 Å². The summed E-state index contributed by atoms with van der Waals surface area (Å²) in [6.07, 6.45) is 1.61. The van der Waals surface area contributed by atoms with Crippen molar-refractivity contribution in [3.8, 4) is 17.2 Å². The molecule has 140 valence electrons. The van der Waals surface area contributed by atoms with E-state index in [9.17, 15) is 10.2 Å². The molecule has 0 fully saturated rings. The van der Waals surface area contributed by atoms with E-state index in [4.69, 9.17) is 4.74 Å². The number of nitrogens with zero attached hydrogens (tertiary/aromatic N) is 1. The Balaban J connectivity index is 2.56. The molecule has 2 N–H and O–H groups in total. The Kier molecular flexibility index (Phi) is 5.36. The van der Waals surface area contributed by atoms with Crippen LogP contribution in [-0.2, 0) is 10.8 Å². The monoisotopic (exact) mass is 355 g/mol. The molecule has 0 unspecified atom stereocenters. The number of phenolic OH excluding ortho intramolecular Hbond substituents is 2. The van der Waals surface area contributed by atoms with Crippen molar-refractivity contribution in [2.75, 3.05) is 7.11 Å². The summed E-state index contributed by atoms with van der Waals surface area (Å²) in [6.45, 7) is 12.4. The minimum absolute atomic E-state index is 0.139. The summed E-state index contributed by atoms with van der Waals surface area (Å²) >= 11 is 0. The van der Waals surface area contributed by atoms with Crippen molar-refractivity contribution >= 4 is 11.9 Å². The van der Waals surface area contributed by atoms with Crippen LogP contribution in [0.1, 0.15) is 58.2 Å². The molecule has 0 spiro atoms. The Morgan fingerprint density at radius 1 is 0.885 bits per heavy atom. The Hall–Kier alpha value is -2.49. The first kappa shape index (κ1) is 19.8. The first-order valence-corrected chi connectivity index (χ1v) is 8.72.